The summed E-state index contributed by atoms with van der Waals surface area (Å²) in [4.78, 5) is 0. The molecule has 3 heteroatoms. The van der Waals surface area contributed by atoms with Crippen LogP contribution >= 0.6 is 0 Å². The van der Waals surface area contributed by atoms with Crippen LogP contribution in [0.4, 0.5) is 8.78 Å². The summed E-state index contributed by atoms with van der Waals surface area (Å²) >= 11 is 3.27. The zero-order chi connectivity index (χ0) is 6.85. The fraction of sp³-hybridized carbons (Fsp3) is 0. The predicted molar refractivity (Wildman–Crippen MR) is 26.0 cm³/mol. The summed E-state index contributed by atoms with van der Waals surface area (Å²) in [5.41, 5.74) is 0. The van der Waals surface area contributed by atoms with E-state index in [0.717, 1.165) is 6.07 Å². The van der Waals surface area contributed by atoms with E-state index in [1.54, 1.807) is 0 Å². The molecule has 0 N–H and O–H groups in total. The molecule has 1 aromatic carbocycles. The molecule has 0 heterocycles. The summed E-state index contributed by atoms with van der Waals surface area (Å²) < 4.78 is 24.6. The van der Waals surface area contributed by atoms with Gasteiger partial charge in [0.15, 0.2) is 0 Å². The van der Waals surface area contributed by atoms with Crippen molar-refractivity contribution in [3.05, 3.63) is 29.8 Å². The number of halogens is 2. The Morgan fingerprint density at radius 2 is 1.89 bits per heavy atom. The normalized spacial score (nSPS) is 9.67. The molecule has 0 bridgehead atoms. The number of rotatable bonds is 0. The number of hydrogen-bond acceptors (Lipinski definition) is 0. The zero-order valence-corrected chi connectivity index (χ0v) is 5.45. The van der Waals surface area contributed by atoms with Crippen molar-refractivity contribution in [1.29, 1.82) is 0 Å². The van der Waals surface area contributed by atoms with Crippen LogP contribution < -0.4 is 4.46 Å². The summed E-state index contributed by atoms with van der Waals surface area (Å²) in [6.45, 7) is 0. The van der Waals surface area contributed by atoms with E-state index in [4.69, 9.17) is 0 Å². The van der Waals surface area contributed by atoms with Crippen LogP contribution in [0.1, 0.15) is 0 Å². The molecular formula is C6H3F2Fe. The Hall–Kier alpha value is -0.401. The maximum atomic E-state index is 12.3. The topological polar surface area (TPSA) is 0 Å². The van der Waals surface area contributed by atoms with Crippen molar-refractivity contribution in [1.82, 2.24) is 0 Å². The average Bonchev–Trinajstić information content (AvgIpc) is 1.83. The molecule has 0 unspecified atom stereocenters. The molecule has 1 rings (SSSR count). The van der Waals surface area contributed by atoms with Gasteiger partial charge in [-0.1, -0.05) is 0 Å². The molecule has 0 aromatic heterocycles. The van der Waals surface area contributed by atoms with E-state index in [9.17, 15) is 8.78 Å². The second-order valence-corrected chi connectivity index (χ2v) is 2.12. The van der Waals surface area contributed by atoms with E-state index in [1.165, 1.54) is 12.1 Å². The van der Waals surface area contributed by atoms with Crippen molar-refractivity contribution in [3.63, 3.8) is 0 Å². The van der Waals surface area contributed by atoms with Crippen LogP contribution in [-0.2, 0) is 16.0 Å². The van der Waals surface area contributed by atoms with Gasteiger partial charge in [0.25, 0.3) is 0 Å². The van der Waals surface area contributed by atoms with Gasteiger partial charge in [-0.2, -0.15) is 0 Å². The van der Waals surface area contributed by atoms with Gasteiger partial charge < -0.3 is 0 Å². The van der Waals surface area contributed by atoms with Gasteiger partial charge in [-0.15, -0.1) is 0 Å². The van der Waals surface area contributed by atoms with Crippen LogP contribution in [0.25, 0.3) is 0 Å². The first-order chi connectivity index (χ1) is 4.22. The third-order valence-electron chi connectivity index (χ3n) is 0.895. The van der Waals surface area contributed by atoms with Crippen molar-refractivity contribution in [2.24, 2.45) is 0 Å². The van der Waals surface area contributed by atoms with Crippen molar-refractivity contribution in [3.8, 4) is 0 Å². The van der Waals surface area contributed by atoms with Gasteiger partial charge in [0, 0.05) is 0 Å². The molecule has 49 valence electrons. The van der Waals surface area contributed by atoms with Gasteiger partial charge in [0.2, 0.25) is 0 Å². The molecule has 0 aliphatic carbocycles. The molecule has 0 nitrogen and oxygen atoms in total. The zero-order valence-electron chi connectivity index (χ0n) is 4.34. The van der Waals surface area contributed by atoms with Crippen LogP contribution in [0.3, 0.4) is 0 Å². The van der Waals surface area contributed by atoms with Crippen molar-refractivity contribution < 1.29 is 24.8 Å². The Labute approximate surface area is 59.7 Å². The Balaban J connectivity index is 3.25. The first-order valence-electron chi connectivity index (χ1n) is 2.30. The van der Waals surface area contributed by atoms with E-state index in [0.29, 0.717) is 0 Å². The average molecular weight is 169 g/mol. The minimum absolute atomic E-state index is 0.0926. The molecule has 0 amide bonds. The van der Waals surface area contributed by atoms with E-state index < -0.39 is 11.6 Å². The molecule has 0 saturated carbocycles. The third kappa shape index (κ3) is 1.29. The van der Waals surface area contributed by atoms with Gasteiger partial charge in [-0.3, -0.25) is 0 Å². The molecule has 0 aliphatic heterocycles. The summed E-state index contributed by atoms with van der Waals surface area (Å²) in [6.07, 6.45) is 0. The van der Waals surface area contributed by atoms with Crippen molar-refractivity contribution in [2.45, 2.75) is 0 Å². The summed E-state index contributed by atoms with van der Waals surface area (Å²) in [5, 5.41) is 0. The molecule has 0 spiro atoms. The maximum absolute atomic E-state index is 12.3. The van der Waals surface area contributed by atoms with Gasteiger partial charge in [-0.05, 0) is 0 Å². The van der Waals surface area contributed by atoms with E-state index >= 15 is 0 Å². The SMILES string of the molecule is Fc1ccc[c]([Fe])c1F. The second-order valence-electron chi connectivity index (χ2n) is 1.52. The molecule has 0 aliphatic rings. The fourth-order valence-corrected chi connectivity index (χ4v) is 0.710. The molecular weight excluding hydrogens is 166 g/mol. The van der Waals surface area contributed by atoms with Crippen LogP contribution in [-0.4, -0.2) is 0 Å². The van der Waals surface area contributed by atoms with Crippen molar-refractivity contribution >= 4 is 4.46 Å². The van der Waals surface area contributed by atoms with Gasteiger partial charge >= 0.3 is 59.1 Å². The van der Waals surface area contributed by atoms with Crippen LogP contribution in [0.2, 0.25) is 0 Å². The van der Waals surface area contributed by atoms with Gasteiger partial charge in [0.05, 0.1) is 0 Å². The monoisotopic (exact) mass is 169 g/mol. The van der Waals surface area contributed by atoms with E-state index in [1.807, 2.05) is 0 Å². The summed E-state index contributed by atoms with van der Waals surface area (Å²) in [6, 6.07) is 3.89. The summed E-state index contributed by atoms with van der Waals surface area (Å²) in [7, 11) is 0. The van der Waals surface area contributed by atoms with Crippen molar-refractivity contribution in [2.75, 3.05) is 0 Å². The summed E-state index contributed by atoms with van der Waals surface area (Å²) in [5.74, 6) is -1.71. The minimum atomic E-state index is -0.863. The van der Waals surface area contributed by atoms with E-state index in [2.05, 4.69) is 16.0 Å². The Morgan fingerprint density at radius 1 is 1.22 bits per heavy atom. The molecule has 0 atom stereocenters. The standard InChI is InChI=1S/C6H3F2.Fe/c7-5-3-1-2-4-6(5)8;/h1-3H;. The van der Waals surface area contributed by atoms with Crippen LogP contribution in [0.15, 0.2) is 18.2 Å². The van der Waals surface area contributed by atoms with Gasteiger partial charge in [0.1, 0.15) is 0 Å². The van der Waals surface area contributed by atoms with Gasteiger partial charge in [-0.25, -0.2) is 0 Å². The first kappa shape index (κ1) is 6.72. The predicted octanol–water partition coefficient (Wildman–Crippen LogP) is 1.14. The second kappa shape index (κ2) is 2.46. The number of benzene rings is 1. The molecule has 1 aromatic rings. The molecule has 9 heavy (non-hydrogen) atoms. The molecule has 0 saturated heterocycles. The molecule has 0 radical (unpaired) electrons. The molecule has 0 fully saturated rings. The van der Waals surface area contributed by atoms with Crippen LogP contribution in [0.5, 0.6) is 0 Å². The quantitative estimate of drug-likeness (QED) is 0.510. The van der Waals surface area contributed by atoms with E-state index in [-0.39, 0.29) is 4.46 Å². The Morgan fingerprint density at radius 3 is 2.33 bits per heavy atom. The third-order valence-corrected chi connectivity index (χ3v) is 1.32. The Kier molecular flexibility index (Phi) is 1.84. The van der Waals surface area contributed by atoms with Crippen LogP contribution in [0, 0.1) is 11.6 Å². The Bertz CT molecular complexity index is 202. The first-order valence-corrected chi connectivity index (χ1v) is 2.85. The fourth-order valence-electron chi connectivity index (χ4n) is 0.472. The number of hydrogen-bond donors (Lipinski definition) is 0.